The van der Waals surface area contributed by atoms with Crippen LogP contribution in [-0.4, -0.2) is 23.2 Å². The van der Waals surface area contributed by atoms with Crippen molar-refractivity contribution in [3.63, 3.8) is 0 Å². The number of hydrogen-bond donors (Lipinski definition) is 1. The van der Waals surface area contributed by atoms with Crippen LogP contribution in [0, 0.1) is 0 Å². The summed E-state index contributed by atoms with van der Waals surface area (Å²) in [6.45, 7) is -0.00670. The Hall–Kier alpha value is -2.36. The summed E-state index contributed by atoms with van der Waals surface area (Å²) in [4.78, 5) is 26.1. The molecule has 1 aliphatic rings. The third-order valence-electron chi connectivity index (χ3n) is 3.27. The second kappa shape index (κ2) is 4.72. The molecule has 1 aromatic carbocycles. The molecule has 0 amide bonds. The molecule has 96 valence electrons. The molecule has 0 atom stereocenters. The van der Waals surface area contributed by atoms with Gasteiger partial charge in [-0.1, -0.05) is 0 Å². The van der Waals surface area contributed by atoms with Crippen LogP contribution in [0.4, 0.5) is 0 Å². The van der Waals surface area contributed by atoms with E-state index in [4.69, 9.17) is 4.74 Å². The van der Waals surface area contributed by atoms with E-state index in [-0.39, 0.29) is 18.2 Å². The number of ketones is 2. The van der Waals surface area contributed by atoms with Crippen LogP contribution in [0.25, 0.3) is 0 Å². The van der Waals surface area contributed by atoms with Gasteiger partial charge in [-0.25, -0.2) is 0 Å². The first kappa shape index (κ1) is 11.7. The summed E-state index contributed by atoms with van der Waals surface area (Å²) in [6.07, 6.45) is 3.03. The Balaban J connectivity index is 1.68. The molecule has 0 saturated heterocycles. The number of carbonyl (C=O) groups excluding carboxylic acids is 2. The van der Waals surface area contributed by atoms with Crippen molar-refractivity contribution in [3.05, 3.63) is 53.3 Å². The van der Waals surface area contributed by atoms with E-state index in [1.165, 1.54) is 0 Å². The lowest BCUT2D eigenvalue weighted by Gasteiger charge is -2.06. The molecule has 0 aliphatic heterocycles. The molecular formula is C15H13NO3. The Morgan fingerprint density at radius 1 is 1.26 bits per heavy atom. The SMILES string of the molecule is O=C(COc1ccc2c(c1)CCC2=O)c1ccc[nH]1. The smallest absolute Gasteiger partial charge is 0.216 e. The molecule has 1 heterocycles. The van der Waals surface area contributed by atoms with Gasteiger partial charge in [0, 0.05) is 18.2 Å². The third-order valence-corrected chi connectivity index (χ3v) is 3.27. The molecule has 0 spiro atoms. The van der Waals surface area contributed by atoms with Crippen molar-refractivity contribution >= 4 is 11.6 Å². The molecule has 19 heavy (non-hydrogen) atoms. The number of H-pyrrole nitrogens is 1. The van der Waals surface area contributed by atoms with E-state index in [0.29, 0.717) is 17.9 Å². The van der Waals surface area contributed by atoms with Crippen molar-refractivity contribution in [2.75, 3.05) is 6.61 Å². The standard InChI is InChI=1S/C15H13NO3/c17-14-6-3-10-8-11(4-5-12(10)14)19-9-15(18)13-2-1-7-16-13/h1-2,4-5,7-8,16H,3,6,9H2. The Morgan fingerprint density at radius 2 is 2.16 bits per heavy atom. The predicted molar refractivity (Wildman–Crippen MR) is 69.7 cm³/mol. The van der Waals surface area contributed by atoms with Crippen molar-refractivity contribution in [1.82, 2.24) is 4.98 Å². The van der Waals surface area contributed by atoms with E-state index in [1.54, 1.807) is 30.5 Å². The van der Waals surface area contributed by atoms with Gasteiger partial charge in [-0.2, -0.15) is 0 Å². The lowest BCUT2D eigenvalue weighted by molar-refractivity contribution is 0.0916. The fourth-order valence-corrected chi connectivity index (χ4v) is 2.25. The van der Waals surface area contributed by atoms with Gasteiger partial charge in [0.15, 0.2) is 12.4 Å². The van der Waals surface area contributed by atoms with E-state index >= 15 is 0 Å². The number of ether oxygens (including phenoxy) is 1. The predicted octanol–water partition coefficient (Wildman–Crippen LogP) is 2.41. The van der Waals surface area contributed by atoms with E-state index in [9.17, 15) is 9.59 Å². The summed E-state index contributed by atoms with van der Waals surface area (Å²) in [7, 11) is 0. The second-order valence-corrected chi connectivity index (χ2v) is 4.54. The average molecular weight is 255 g/mol. The van der Waals surface area contributed by atoms with Crippen molar-refractivity contribution in [3.8, 4) is 5.75 Å². The lowest BCUT2D eigenvalue weighted by atomic mass is 10.1. The maximum atomic E-state index is 11.8. The molecule has 1 aliphatic carbocycles. The van der Waals surface area contributed by atoms with Crippen molar-refractivity contribution in [2.45, 2.75) is 12.8 Å². The minimum Gasteiger partial charge on any atom is -0.485 e. The van der Waals surface area contributed by atoms with Crippen LogP contribution in [0.1, 0.15) is 32.8 Å². The zero-order valence-electron chi connectivity index (χ0n) is 10.3. The molecule has 3 rings (SSSR count). The third kappa shape index (κ3) is 2.29. The average Bonchev–Trinajstić information content (AvgIpc) is 3.06. The first-order chi connectivity index (χ1) is 9.24. The number of benzene rings is 1. The number of rotatable bonds is 4. The molecule has 1 N–H and O–H groups in total. The molecule has 4 heteroatoms. The molecule has 2 aromatic rings. The van der Waals surface area contributed by atoms with Gasteiger partial charge >= 0.3 is 0 Å². The number of carbonyl (C=O) groups is 2. The summed E-state index contributed by atoms with van der Waals surface area (Å²) in [6, 6.07) is 8.85. The van der Waals surface area contributed by atoms with Crippen LogP contribution in [0.5, 0.6) is 5.75 Å². The summed E-state index contributed by atoms with van der Waals surface area (Å²) in [5.74, 6) is 0.721. The number of hydrogen-bond acceptors (Lipinski definition) is 3. The van der Waals surface area contributed by atoms with E-state index in [2.05, 4.69) is 4.98 Å². The molecular weight excluding hydrogens is 242 g/mol. The lowest BCUT2D eigenvalue weighted by Crippen LogP contribution is -2.12. The topological polar surface area (TPSA) is 59.2 Å². The zero-order valence-corrected chi connectivity index (χ0v) is 10.3. The van der Waals surface area contributed by atoms with Crippen LogP contribution in [-0.2, 0) is 6.42 Å². The van der Waals surface area contributed by atoms with Crippen LogP contribution < -0.4 is 4.74 Å². The number of aryl methyl sites for hydroxylation is 1. The molecule has 0 saturated carbocycles. The summed E-state index contributed by atoms with van der Waals surface area (Å²) >= 11 is 0. The van der Waals surface area contributed by atoms with Gasteiger partial charge in [0.25, 0.3) is 0 Å². The van der Waals surface area contributed by atoms with Gasteiger partial charge in [-0.3, -0.25) is 9.59 Å². The van der Waals surface area contributed by atoms with Gasteiger partial charge in [0.05, 0.1) is 5.69 Å². The van der Waals surface area contributed by atoms with Gasteiger partial charge in [0.1, 0.15) is 5.75 Å². The Kier molecular flexibility index (Phi) is 2.91. The van der Waals surface area contributed by atoms with Gasteiger partial charge in [0.2, 0.25) is 5.78 Å². The highest BCUT2D eigenvalue weighted by atomic mass is 16.5. The van der Waals surface area contributed by atoms with E-state index in [1.807, 2.05) is 6.07 Å². The normalized spacial score (nSPS) is 13.4. The highest BCUT2D eigenvalue weighted by molar-refractivity contribution is 6.00. The first-order valence-electron chi connectivity index (χ1n) is 6.19. The maximum absolute atomic E-state index is 11.8. The molecule has 0 fully saturated rings. The van der Waals surface area contributed by atoms with Gasteiger partial charge in [-0.05, 0) is 42.3 Å². The minimum absolute atomic E-state index is 0.00670. The number of fused-ring (bicyclic) bond motifs is 1. The first-order valence-corrected chi connectivity index (χ1v) is 6.19. The minimum atomic E-state index is -0.0958. The van der Waals surface area contributed by atoms with E-state index < -0.39 is 0 Å². The Morgan fingerprint density at radius 3 is 2.95 bits per heavy atom. The quantitative estimate of drug-likeness (QED) is 0.853. The molecule has 0 bridgehead atoms. The van der Waals surface area contributed by atoms with Crippen molar-refractivity contribution in [1.29, 1.82) is 0 Å². The molecule has 1 aromatic heterocycles. The fourth-order valence-electron chi connectivity index (χ4n) is 2.25. The Labute approximate surface area is 110 Å². The largest absolute Gasteiger partial charge is 0.485 e. The van der Waals surface area contributed by atoms with Gasteiger partial charge in [-0.15, -0.1) is 0 Å². The highest BCUT2D eigenvalue weighted by Gasteiger charge is 2.19. The highest BCUT2D eigenvalue weighted by Crippen LogP contribution is 2.26. The zero-order chi connectivity index (χ0) is 13.2. The van der Waals surface area contributed by atoms with Crippen molar-refractivity contribution in [2.24, 2.45) is 0 Å². The number of aromatic amines is 1. The van der Waals surface area contributed by atoms with Crippen LogP contribution in [0.3, 0.4) is 0 Å². The fraction of sp³-hybridized carbons (Fsp3) is 0.200. The molecule has 4 nitrogen and oxygen atoms in total. The number of aromatic nitrogens is 1. The maximum Gasteiger partial charge on any atom is 0.216 e. The van der Waals surface area contributed by atoms with Gasteiger partial charge < -0.3 is 9.72 Å². The van der Waals surface area contributed by atoms with Crippen LogP contribution >= 0.6 is 0 Å². The molecule has 0 unspecified atom stereocenters. The summed E-state index contributed by atoms with van der Waals surface area (Å²) in [5, 5.41) is 0. The van der Waals surface area contributed by atoms with Crippen molar-refractivity contribution < 1.29 is 14.3 Å². The summed E-state index contributed by atoms with van der Waals surface area (Å²) in [5.41, 5.74) is 2.33. The van der Waals surface area contributed by atoms with E-state index in [0.717, 1.165) is 17.5 Å². The number of Topliss-reactive ketones (excluding diaryl/α,β-unsaturated/α-hetero) is 2. The van der Waals surface area contributed by atoms with Crippen LogP contribution in [0.15, 0.2) is 36.5 Å². The van der Waals surface area contributed by atoms with Crippen LogP contribution in [0.2, 0.25) is 0 Å². The Bertz CT molecular complexity index is 629. The second-order valence-electron chi connectivity index (χ2n) is 4.54. The monoisotopic (exact) mass is 255 g/mol. The summed E-state index contributed by atoms with van der Waals surface area (Å²) < 4.78 is 5.47. The number of nitrogens with one attached hydrogen (secondary N) is 1. The molecule has 0 radical (unpaired) electrons.